The van der Waals surface area contributed by atoms with Crippen molar-refractivity contribution in [3.8, 4) is 0 Å². The fourth-order valence-electron chi connectivity index (χ4n) is 3.02. The lowest BCUT2D eigenvalue weighted by Crippen LogP contribution is -2.31. The van der Waals surface area contributed by atoms with Gasteiger partial charge in [-0.05, 0) is 36.9 Å². The molecule has 1 fully saturated rings. The number of rotatable bonds is 4. The van der Waals surface area contributed by atoms with E-state index in [2.05, 4.69) is 24.5 Å². The molecule has 2 N–H and O–H groups in total. The quantitative estimate of drug-likeness (QED) is 0.873. The van der Waals surface area contributed by atoms with Gasteiger partial charge >= 0.3 is 0 Å². The summed E-state index contributed by atoms with van der Waals surface area (Å²) in [6.45, 7) is 5.16. The van der Waals surface area contributed by atoms with E-state index in [-0.39, 0.29) is 17.2 Å². The van der Waals surface area contributed by atoms with E-state index in [4.69, 9.17) is 0 Å². The Balaban J connectivity index is 2.11. The Hall–Kier alpha value is -1.35. The highest BCUT2D eigenvalue weighted by molar-refractivity contribution is 5.93. The predicted molar refractivity (Wildman–Crippen MR) is 79.0 cm³/mol. The maximum atomic E-state index is 12.5. The molecule has 0 bridgehead atoms. The number of amides is 1. The van der Waals surface area contributed by atoms with Gasteiger partial charge in [0.15, 0.2) is 0 Å². The molecule has 0 aliphatic heterocycles. The number of nitrogens with one attached hydrogen (secondary N) is 2. The first-order valence-electron chi connectivity index (χ1n) is 7.08. The largest absolute Gasteiger partial charge is 0.326 e. The van der Waals surface area contributed by atoms with E-state index in [9.17, 15) is 4.79 Å². The van der Waals surface area contributed by atoms with Gasteiger partial charge < -0.3 is 10.6 Å². The fourth-order valence-corrected chi connectivity index (χ4v) is 3.02. The average Bonchev–Trinajstić information content (AvgIpc) is 2.72. The number of benzene rings is 1. The molecule has 1 aliphatic carbocycles. The van der Waals surface area contributed by atoms with Crippen molar-refractivity contribution in [2.24, 2.45) is 11.3 Å². The zero-order chi connectivity index (χ0) is 13.9. The van der Waals surface area contributed by atoms with Crippen LogP contribution in [0.5, 0.6) is 0 Å². The van der Waals surface area contributed by atoms with Gasteiger partial charge in [0.1, 0.15) is 0 Å². The van der Waals surface area contributed by atoms with Gasteiger partial charge in [0.25, 0.3) is 0 Å². The second kappa shape index (κ2) is 5.74. The summed E-state index contributed by atoms with van der Waals surface area (Å²) in [6, 6.07) is 7.99. The minimum Gasteiger partial charge on any atom is -0.326 e. The lowest BCUT2D eigenvalue weighted by Gasteiger charge is -2.26. The first-order valence-corrected chi connectivity index (χ1v) is 7.08. The molecule has 0 radical (unpaired) electrons. The van der Waals surface area contributed by atoms with Gasteiger partial charge in [-0.15, -0.1) is 0 Å². The fraction of sp³-hybridized carbons (Fsp3) is 0.562. The normalized spacial score (nSPS) is 21.3. The van der Waals surface area contributed by atoms with Crippen molar-refractivity contribution in [3.05, 3.63) is 29.8 Å². The Labute approximate surface area is 115 Å². The molecule has 2 rings (SSSR count). The van der Waals surface area contributed by atoms with E-state index >= 15 is 0 Å². The van der Waals surface area contributed by atoms with Gasteiger partial charge in [-0.1, -0.05) is 38.5 Å². The molecule has 3 heteroatoms. The van der Waals surface area contributed by atoms with Crippen molar-refractivity contribution in [1.29, 1.82) is 0 Å². The number of carbonyl (C=O) groups is 1. The van der Waals surface area contributed by atoms with Gasteiger partial charge in [0.05, 0.1) is 0 Å². The van der Waals surface area contributed by atoms with Gasteiger partial charge in [0, 0.05) is 18.2 Å². The second-order valence-electron chi connectivity index (χ2n) is 6.11. The minimum absolute atomic E-state index is 0.127. The van der Waals surface area contributed by atoms with Crippen LogP contribution in [0.3, 0.4) is 0 Å². The molecule has 0 heterocycles. The van der Waals surface area contributed by atoms with Gasteiger partial charge in [-0.2, -0.15) is 0 Å². The Morgan fingerprint density at radius 2 is 2.11 bits per heavy atom. The Morgan fingerprint density at radius 3 is 2.74 bits per heavy atom. The summed E-state index contributed by atoms with van der Waals surface area (Å²) in [5.74, 6) is 0.307. The van der Waals surface area contributed by atoms with Gasteiger partial charge in [-0.3, -0.25) is 4.79 Å². The van der Waals surface area contributed by atoms with E-state index in [0.29, 0.717) is 0 Å². The zero-order valence-electron chi connectivity index (χ0n) is 12.1. The third-order valence-electron chi connectivity index (χ3n) is 4.22. The highest BCUT2D eigenvalue weighted by Gasteiger charge is 2.39. The molecule has 19 heavy (non-hydrogen) atoms. The molecule has 0 spiro atoms. The number of hydrogen-bond donors (Lipinski definition) is 2. The highest BCUT2D eigenvalue weighted by Crippen LogP contribution is 2.43. The monoisotopic (exact) mass is 260 g/mol. The summed E-state index contributed by atoms with van der Waals surface area (Å²) in [4.78, 5) is 12.5. The van der Waals surface area contributed by atoms with Crippen LogP contribution >= 0.6 is 0 Å². The van der Waals surface area contributed by atoms with E-state index in [1.807, 2.05) is 31.3 Å². The first kappa shape index (κ1) is 14.1. The minimum atomic E-state index is 0.127. The molecule has 1 aromatic rings. The summed E-state index contributed by atoms with van der Waals surface area (Å²) >= 11 is 0. The first-order chi connectivity index (χ1) is 9.04. The maximum Gasteiger partial charge on any atom is 0.228 e. The Morgan fingerprint density at radius 1 is 1.37 bits per heavy atom. The number of anilines is 1. The predicted octanol–water partition coefficient (Wildman–Crippen LogP) is 3.17. The standard InChI is InChI=1S/C16H24N2O/c1-16(2)10-6-8-13(16)15(19)18-14-9-5-4-7-12(14)11-17-3/h4-5,7,9,13,17H,6,8,10-11H2,1-3H3,(H,18,19). The Kier molecular flexibility index (Phi) is 4.25. The van der Waals surface area contributed by atoms with Crippen molar-refractivity contribution in [3.63, 3.8) is 0 Å². The van der Waals surface area contributed by atoms with Crippen molar-refractivity contribution >= 4 is 11.6 Å². The molecule has 1 aromatic carbocycles. The summed E-state index contributed by atoms with van der Waals surface area (Å²) < 4.78 is 0. The van der Waals surface area contributed by atoms with Crippen LogP contribution in [0.25, 0.3) is 0 Å². The van der Waals surface area contributed by atoms with Crippen molar-refractivity contribution < 1.29 is 4.79 Å². The number of hydrogen-bond acceptors (Lipinski definition) is 2. The summed E-state index contributed by atoms with van der Waals surface area (Å²) in [5.41, 5.74) is 2.20. The third-order valence-corrected chi connectivity index (χ3v) is 4.22. The molecule has 0 saturated heterocycles. The van der Waals surface area contributed by atoms with Crippen LogP contribution < -0.4 is 10.6 Å². The summed E-state index contributed by atoms with van der Waals surface area (Å²) in [6.07, 6.45) is 3.31. The molecule has 1 aliphatic rings. The Bertz CT molecular complexity index is 454. The van der Waals surface area contributed by atoms with Gasteiger partial charge in [0.2, 0.25) is 5.91 Å². The van der Waals surface area contributed by atoms with Crippen LogP contribution in [0.1, 0.15) is 38.7 Å². The molecular formula is C16H24N2O. The number of para-hydroxylation sites is 1. The van der Waals surface area contributed by atoms with E-state index in [0.717, 1.165) is 37.1 Å². The van der Waals surface area contributed by atoms with E-state index < -0.39 is 0 Å². The molecule has 104 valence electrons. The van der Waals surface area contributed by atoms with Crippen molar-refractivity contribution in [2.75, 3.05) is 12.4 Å². The van der Waals surface area contributed by atoms with Crippen LogP contribution in [0.4, 0.5) is 5.69 Å². The summed E-state index contributed by atoms with van der Waals surface area (Å²) in [5, 5.41) is 6.25. The van der Waals surface area contributed by atoms with E-state index in [1.165, 1.54) is 0 Å². The van der Waals surface area contributed by atoms with Crippen LogP contribution in [0.2, 0.25) is 0 Å². The zero-order valence-corrected chi connectivity index (χ0v) is 12.1. The maximum absolute atomic E-state index is 12.5. The van der Waals surface area contributed by atoms with Crippen molar-refractivity contribution in [2.45, 2.75) is 39.7 Å². The number of carbonyl (C=O) groups excluding carboxylic acids is 1. The second-order valence-corrected chi connectivity index (χ2v) is 6.11. The molecule has 0 aromatic heterocycles. The van der Waals surface area contributed by atoms with E-state index in [1.54, 1.807) is 0 Å². The molecule has 1 atom stereocenters. The molecule has 1 saturated carbocycles. The van der Waals surface area contributed by atoms with Crippen LogP contribution in [0.15, 0.2) is 24.3 Å². The lowest BCUT2D eigenvalue weighted by atomic mass is 9.81. The van der Waals surface area contributed by atoms with Gasteiger partial charge in [-0.25, -0.2) is 0 Å². The third kappa shape index (κ3) is 3.16. The van der Waals surface area contributed by atoms with Crippen molar-refractivity contribution in [1.82, 2.24) is 5.32 Å². The SMILES string of the molecule is CNCc1ccccc1NC(=O)C1CCCC1(C)C. The highest BCUT2D eigenvalue weighted by atomic mass is 16.1. The molecule has 3 nitrogen and oxygen atoms in total. The summed E-state index contributed by atoms with van der Waals surface area (Å²) in [7, 11) is 1.92. The molecule has 1 unspecified atom stereocenters. The smallest absolute Gasteiger partial charge is 0.228 e. The van der Waals surface area contributed by atoms with Crippen LogP contribution in [-0.4, -0.2) is 13.0 Å². The average molecular weight is 260 g/mol. The van der Waals surface area contributed by atoms with Crippen LogP contribution in [0, 0.1) is 11.3 Å². The molecular weight excluding hydrogens is 236 g/mol. The van der Waals surface area contributed by atoms with Crippen LogP contribution in [-0.2, 0) is 11.3 Å². The lowest BCUT2D eigenvalue weighted by molar-refractivity contribution is -0.122. The topological polar surface area (TPSA) is 41.1 Å². The molecule has 1 amide bonds.